The van der Waals surface area contributed by atoms with Crippen LogP contribution in [0.2, 0.25) is 0 Å². The number of carbonyl (C=O) groups excluding carboxylic acids is 1. The van der Waals surface area contributed by atoms with Crippen LogP contribution in [0.5, 0.6) is 0 Å². The van der Waals surface area contributed by atoms with Crippen molar-refractivity contribution >= 4 is 17.8 Å². The molecular weight excluding hydrogens is 394 g/mol. The van der Waals surface area contributed by atoms with Crippen LogP contribution in [0.15, 0.2) is 29.3 Å². The number of nitro benzene ring substituents is 1. The van der Waals surface area contributed by atoms with Gasteiger partial charge in [0.05, 0.1) is 11.5 Å². The quantitative estimate of drug-likeness (QED) is 0.144. The predicted molar refractivity (Wildman–Crippen MR) is 126 cm³/mol. The Morgan fingerprint density at radius 1 is 1.00 bits per heavy atom. The number of amides is 1. The van der Waals surface area contributed by atoms with Gasteiger partial charge in [-0.3, -0.25) is 19.9 Å². The number of non-ortho nitro benzene ring substituents is 1. The molecule has 174 valence electrons. The number of unbranched alkanes of at least 4 members (excludes halogenated alkanes) is 11. The average Bonchev–Trinajstić information content (AvgIpc) is 2.77. The van der Waals surface area contributed by atoms with Crippen molar-refractivity contribution in [3.8, 4) is 0 Å². The molecule has 1 rings (SSSR count). The highest BCUT2D eigenvalue weighted by molar-refractivity contribution is 5.86. The third kappa shape index (κ3) is 12.9. The number of benzene rings is 1. The third-order valence-corrected chi connectivity index (χ3v) is 5.31. The van der Waals surface area contributed by atoms with E-state index in [9.17, 15) is 20.0 Å². The molecule has 1 aromatic carbocycles. The van der Waals surface area contributed by atoms with Gasteiger partial charge in [0, 0.05) is 24.9 Å². The van der Waals surface area contributed by atoms with Gasteiger partial charge in [-0.1, -0.05) is 77.6 Å². The number of carbonyl (C=O) groups is 1. The molecule has 31 heavy (non-hydrogen) atoms. The summed E-state index contributed by atoms with van der Waals surface area (Å²) in [6.07, 6.45) is 16.7. The fraction of sp³-hybridized carbons (Fsp3) is 0.667. The van der Waals surface area contributed by atoms with E-state index in [0.29, 0.717) is 12.1 Å². The first-order chi connectivity index (χ1) is 15.1. The van der Waals surface area contributed by atoms with Crippen LogP contribution in [-0.2, 0) is 4.79 Å². The Kier molecular flexibility index (Phi) is 15.0. The van der Waals surface area contributed by atoms with Crippen LogP contribution >= 0.6 is 0 Å². The first kappa shape index (κ1) is 26.8. The number of rotatable bonds is 18. The van der Waals surface area contributed by atoms with E-state index >= 15 is 0 Å². The summed E-state index contributed by atoms with van der Waals surface area (Å²) in [5.41, 5.74) is 0.633. The summed E-state index contributed by atoms with van der Waals surface area (Å²) in [4.78, 5) is 26.5. The van der Waals surface area contributed by atoms with Gasteiger partial charge >= 0.3 is 0 Å². The molecule has 0 heterocycles. The number of hydrogen-bond donors (Lipinski definition) is 2. The van der Waals surface area contributed by atoms with E-state index in [4.69, 9.17) is 0 Å². The van der Waals surface area contributed by atoms with Crippen molar-refractivity contribution < 1.29 is 14.8 Å². The Morgan fingerprint density at radius 3 is 2.00 bits per heavy atom. The van der Waals surface area contributed by atoms with Crippen molar-refractivity contribution in [2.24, 2.45) is 4.99 Å². The van der Waals surface area contributed by atoms with E-state index in [0.717, 1.165) is 12.8 Å². The maximum absolute atomic E-state index is 12.2. The van der Waals surface area contributed by atoms with Crippen molar-refractivity contribution in [2.45, 2.75) is 90.0 Å². The Bertz CT molecular complexity index is 647. The van der Waals surface area contributed by atoms with E-state index in [1.807, 2.05) is 0 Å². The van der Waals surface area contributed by atoms with Gasteiger partial charge in [0.2, 0.25) is 5.91 Å². The summed E-state index contributed by atoms with van der Waals surface area (Å²) in [5, 5.41) is 22.9. The number of hydrogen-bond acceptors (Lipinski definition) is 5. The van der Waals surface area contributed by atoms with Gasteiger partial charge < -0.3 is 10.4 Å². The lowest BCUT2D eigenvalue weighted by atomic mass is 10.1. The molecule has 0 fully saturated rings. The Balaban J connectivity index is 2.11. The second kappa shape index (κ2) is 17.4. The fourth-order valence-corrected chi connectivity index (χ4v) is 3.35. The zero-order chi connectivity index (χ0) is 22.7. The molecule has 0 saturated carbocycles. The topological polar surface area (TPSA) is 105 Å². The molecule has 0 radical (unpaired) electrons. The number of aliphatic imine (C=N–C) groups is 1. The van der Waals surface area contributed by atoms with E-state index < -0.39 is 11.0 Å². The fourth-order valence-electron chi connectivity index (χ4n) is 3.35. The van der Waals surface area contributed by atoms with E-state index in [1.165, 1.54) is 82.6 Å². The molecule has 0 aliphatic heterocycles. The van der Waals surface area contributed by atoms with Crippen molar-refractivity contribution in [1.29, 1.82) is 0 Å². The maximum atomic E-state index is 12.2. The highest BCUT2D eigenvalue weighted by Crippen LogP contribution is 2.12. The van der Waals surface area contributed by atoms with Crippen LogP contribution in [0.3, 0.4) is 0 Å². The van der Waals surface area contributed by atoms with Crippen LogP contribution < -0.4 is 5.32 Å². The van der Waals surface area contributed by atoms with Crippen LogP contribution in [0.4, 0.5) is 5.69 Å². The predicted octanol–water partition coefficient (Wildman–Crippen LogP) is 5.19. The van der Waals surface area contributed by atoms with Gasteiger partial charge in [-0.15, -0.1) is 0 Å². The van der Waals surface area contributed by atoms with Gasteiger partial charge in [-0.25, -0.2) is 0 Å². The van der Waals surface area contributed by atoms with Gasteiger partial charge in [-0.05, 0) is 24.1 Å². The molecule has 1 aromatic rings. The summed E-state index contributed by atoms with van der Waals surface area (Å²) in [7, 11) is 0. The lowest BCUT2D eigenvalue weighted by Crippen LogP contribution is -2.36. The molecule has 0 bridgehead atoms. The van der Waals surface area contributed by atoms with E-state index in [2.05, 4.69) is 17.2 Å². The van der Waals surface area contributed by atoms with Crippen molar-refractivity contribution in [3.05, 3.63) is 39.9 Å². The lowest BCUT2D eigenvalue weighted by Gasteiger charge is -2.10. The molecule has 1 unspecified atom stereocenters. The molecule has 0 spiro atoms. The minimum atomic E-state index is -0.868. The zero-order valence-electron chi connectivity index (χ0n) is 18.9. The smallest absolute Gasteiger partial charge is 0.269 e. The van der Waals surface area contributed by atoms with Gasteiger partial charge in [0.15, 0.2) is 6.04 Å². The Hall–Kier alpha value is -2.28. The second-order valence-corrected chi connectivity index (χ2v) is 8.01. The van der Waals surface area contributed by atoms with Crippen LogP contribution in [0.25, 0.3) is 0 Å². The minimum Gasteiger partial charge on any atom is -0.394 e. The molecule has 0 aliphatic carbocycles. The maximum Gasteiger partial charge on any atom is 0.269 e. The number of nitro groups is 1. The molecule has 7 heteroatoms. The first-order valence-corrected chi connectivity index (χ1v) is 11.7. The summed E-state index contributed by atoms with van der Waals surface area (Å²) < 4.78 is 0. The van der Waals surface area contributed by atoms with Crippen LogP contribution in [-0.4, -0.2) is 41.3 Å². The molecular formula is C24H39N3O4. The Morgan fingerprint density at radius 2 is 1.52 bits per heavy atom. The molecule has 1 amide bonds. The standard InChI is InChI=1S/C24H39N3O4/c1-2-3-4-5-6-7-8-9-10-11-12-13-18-25-24(29)23(20-28)26-19-21-14-16-22(17-15-21)27(30)31/h14-17,19,23,28H,2-13,18,20H2,1H3,(H,25,29). The highest BCUT2D eigenvalue weighted by Gasteiger charge is 2.14. The zero-order valence-corrected chi connectivity index (χ0v) is 18.9. The first-order valence-electron chi connectivity index (χ1n) is 11.7. The number of nitrogens with zero attached hydrogens (tertiary/aromatic N) is 2. The molecule has 2 N–H and O–H groups in total. The largest absolute Gasteiger partial charge is 0.394 e. The van der Waals surface area contributed by atoms with Crippen LogP contribution in [0, 0.1) is 10.1 Å². The lowest BCUT2D eigenvalue weighted by molar-refractivity contribution is -0.384. The molecule has 7 nitrogen and oxygen atoms in total. The second-order valence-electron chi connectivity index (χ2n) is 8.01. The van der Waals surface area contributed by atoms with Gasteiger partial charge in [0.25, 0.3) is 5.69 Å². The summed E-state index contributed by atoms with van der Waals surface area (Å²) in [6, 6.07) is 5.00. The van der Waals surface area contributed by atoms with Gasteiger partial charge in [0.1, 0.15) is 0 Å². The SMILES string of the molecule is CCCCCCCCCCCCCCNC(=O)C(CO)N=Cc1ccc([N+](=O)[O-])cc1. The number of aliphatic hydroxyl groups is 1. The molecule has 0 saturated heterocycles. The third-order valence-electron chi connectivity index (χ3n) is 5.31. The monoisotopic (exact) mass is 433 g/mol. The number of nitrogens with one attached hydrogen (secondary N) is 1. The average molecular weight is 434 g/mol. The summed E-state index contributed by atoms with van der Waals surface area (Å²) in [5.74, 6) is -0.302. The Labute approximate surface area is 186 Å². The number of aliphatic hydroxyl groups excluding tert-OH is 1. The van der Waals surface area contributed by atoms with Crippen molar-refractivity contribution in [2.75, 3.05) is 13.2 Å². The van der Waals surface area contributed by atoms with E-state index in [-0.39, 0.29) is 18.2 Å². The molecule has 0 aliphatic rings. The highest BCUT2D eigenvalue weighted by atomic mass is 16.6. The van der Waals surface area contributed by atoms with E-state index in [1.54, 1.807) is 12.1 Å². The summed E-state index contributed by atoms with van der Waals surface area (Å²) in [6.45, 7) is 2.45. The van der Waals surface area contributed by atoms with Crippen molar-refractivity contribution in [3.63, 3.8) is 0 Å². The molecule has 1 atom stereocenters. The van der Waals surface area contributed by atoms with Gasteiger partial charge in [-0.2, -0.15) is 0 Å². The molecule has 0 aromatic heterocycles. The normalized spacial score (nSPS) is 12.2. The van der Waals surface area contributed by atoms with Crippen LogP contribution in [0.1, 0.15) is 89.5 Å². The minimum absolute atomic E-state index is 0.00369. The summed E-state index contributed by atoms with van der Waals surface area (Å²) >= 11 is 0. The van der Waals surface area contributed by atoms with Crippen molar-refractivity contribution in [1.82, 2.24) is 5.32 Å².